The summed E-state index contributed by atoms with van der Waals surface area (Å²) in [4.78, 5) is 25.2. The number of H-pyrrole nitrogens is 5. The highest BCUT2D eigenvalue weighted by atomic mass is 35.5. The zero-order valence-corrected chi connectivity index (χ0v) is 41.6. The van der Waals surface area contributed by atoms with Gasteiger partial charge in [0.1, 0.15) is 16.3 Å². The van der Waals surface area contributed by atoms with Gasteiger partial charge in [0.25, 0.3) is 0 Å². The molecule has 0 spiro atoms. The van der Waals surface area contributed by atoms with Gasteiger partial charge in [-0.15, -0.1) is 56.7 Å². The molecule has 0 aliphatic carbocycles. The van der Waals surface area contributed by atoms with Crippen LogP contribution in [0.1, 0.15) is 0 Å². The fraction of sp³-hybridized carbons (Fsp3) is 0.0278. The first-order valence-corrected chi connectivity index (χ1v) is 24.3. The minimum Gasteiger partial charge on any atom is -0.495 e. The van der Waals surface area contributed by atoms with E-state index in [2.05, 4.69) is 24.9 Å². The summed E-state index contributed by atoms with van der Waals surface area (Å²) < 4.78 is 13.8. The van der Waals surface area contributed by atoms with E-state index >= 15 is 0 Å². The number of fused-ring (bicyclic) bond motifs is 5. The molecule has 0 saturated carbocycles. The number of hydrogen-bond acceptors (Lipinski definition) is 13. The van der Waals surface area contributed by atoms with Crippen LogP contribution < -0.4 is 4.74 Å². The van der Waals surface area contributed by atoms with E-state index < -0.39 is 4.92 Å². The number of nitro benzene ring substituents is 1. The molecular weight excluding hydrogens is 1060 g/mol. The van der Waals surface area contributed by atoms with Crippen molar-refractivity contribution >= 4 is 233 Å². The van der Waals surface area contributed by atoms with Gasteiger partial charge in [0, 0.05) is 16.1 Å². The number of nitro groups is 1. The normalized spacial score (nSPS) is 10.6. The predicted octanol–water partition coefficient (Wildman–Crippen LogP) is 18.0. The Labute approximate surface area is 409 Å². The molecule has 24 heteroatoms. The molecule has 5 N–H and O–H groups in total. The topological polar surface area (TPSA) is 131 Å². The highest BCUT2D eigenvalue weighted by Gasteiger charge is 2.18. The van der Waals surface area contributed by atoms with Gasteiger partial charge in [-0.05, 0) is 128 Å². The maximum absolute atomic E-state index is 10.7. The van der Waals surface area contributed by atoms with Gasteiger partial charge in [-0.1, -0.05) is 64.1 Å². The third-order valence-corrected chi connectivity index (χ3v) is 15.1. The minimum atomic E-state index is -0.511. The Bertz CT molecular complexity index is 3380. The van der Waals surface area contributed by atoms with E-state index in [1.54, 1.807) is 35.8 Å². The number of nitrogens with zero attached hydrogens (tertiary/aromatic N) is 1. The molecule has 0 fully saturated rings. The molecule has 0 bridgehead atoms. The van der Waals surface area contributed by atoms with Gasteiger partial charge in [0.05, 0.1) is 67.6 Å². The molecule has 0 unspecified atom stereocenters. The molecule has 60 heavy (non-hydrogen) atoms. The number of rotatable bonds is 2. The Balaban J connectivity index is 0.000000126. The lowest BCUT2D eigenvalue weighted by Gasteiger charge is -2.01. The van der Waals surface area contributed by atoms with Crippen molar-refractivity contribution in [3.63, 3.8) is 0 Å². The first kappa shape index (κ1) is 46.8. The summed E-state index contributed by atoms with van der Waals surface area (Å²) in [5.74, 6) is 0.680. The van der Waals surface area contributed by atoms with Crippen LogP contribution in [-0.4, -0.2) is 37.0 Å². The summed E-state index contributed by atoms with van der Waals surface area (Å²) in [6.07, 6.45) is 0. The molecule has 10 aromatic rings. The van der Waals surface area contributed by atoms with Crippen LogP contribution in [0.5, 0.6) is 5.75 Å². The number of thiazole rings is 5. The lowest BCUT2D eigenvalue weighted by molar-refractivity contribution is -0.383. The van der Waals surface area contributed by atoms with Crippen molar-refractivity contribution in [1.29, 1.82) is 0 Å². The van der Waals surface area contributed by atoms with Crippen molar-refractivity contribution < 1.29 is 9.66 Å². The molecular formula is C36H21Cl5N6O3S10. The largest absolute Gasteiger partial charge is 0.495 e. The summed E-state index contributed by atoms with van der Waals surface area (Å²) in [6.45, 7) is 0. The summed E-state index contributed by atoms with van der Waals surface area (Å²) in [7, 11) is 1.60. The summed E-state index contributed by atoms with van der Waals surface area (Å²) in [5, 5.41) is 13.7. The third kappa shape index (κ3) is 12.1. The standard InChI is InChI=1S/C8H6ClNOS2.C7H3ClN2O2S2.3C7H4ClNS2/c1-11-6-3-7-5(2-4(6)9)10-8(12)13-7;8-3-1-2-4-5(6(3)10(11)12)9-7(13)14-4;8-4-1-2-6-5(3-4)9-7(10)11-6;8-4-1-2-5-6(3-4)11-7(10)9-5;8-4-2-1-3-5-6(4)11-7(10)9-5/h2-3H,1H3,(H,10,12);1-2H,(H,9,13);3*1-3H,(H,9,10). The number of halogens is 5. The van der Waals surface area contributed by atoms with Gasteiger partial charge in [-0.25, -0.2) is 0 Å². The van der Waals surface area contributed by atoms with Crippen LogP contribution in [0, 0.1) is 29.9 Å². The first-order valence-electron chi connectivity index (χ1n) is 16.2. The molecule has 9 nitrogen and oxygen atoms in total. The maximum Gasteiger partial charge on any atom is 0.312 e. The Morgan fingerprint density at radius 1 is 0.533 bits per heavy atom. The molecule has 0 radical (unpaired) electrons. The molecule has 5 heterocycles. The van der Waals surface area contributed by atoms with Crippen LogP contribution in [0.25, 0.3) is 51.1 Å². The van der Waals surface area contributed by atoms with Crippen molar-refractivity contribution in [3.05, 3.63) is 134 Å². The average Bonchev–Trinajstić information content (AvgIpc) is 4.01. The fourth-order valence-corrected chi connectivity index (χ4v) is 11.8. The number of methoxy groups -OCH3 is 1. The molecule has 308 valence electrons. The molecule has 0 atom stereocenters. The highest BCUT2D eigenvalue weighted by Crippen LogP contribution is 2.35. The second-order valence-electron chi connectivity index (χ2n) is 11.5. The minimum absolute atomic E-state index is 0.114. The third-order valence-electron chi connectivity index (χ3n) is 7.56. The molecule has 0 amide bonds. The van der Waals surface area contributed by atoms with Gasteiger partial charge in [-0.2, -0.15) is 0 Å². The van der Waals surface area contributed by atoms with E-state index in [0.717, 1.165) is 76.5 Å². The Morgan fingerprint density at radius 2 is 1.07 bits per heavy atom. The van der Waals surface area contributed by atoms with Crippen molar-refractivity contribution in [2.24, 2.45) is 0 Å². The summed E-state index contributed by atoms with van der Waals surface area (Å²) >= 11 is 61.4. The zero-order valence-electron chi connectivity index (χ0n) is 29.6. The smallest absolute Gasteiger partial charge is 0.312 e. The van der Waals surface area contributed by atoms with Crippen LogP contribution in [0.4, 0.5) is 5.69 Å². The Kier molecular flexibility index (Phi) is 16.5. The lowest BCUT2D eigenvalue weighted by Crippen LogP contribution is -1.90. The predicted molar refractivity (Wildman–Crippen MR) is 273 cm³/mol. The van der Waals surface area contributed by atoms with Crippen molar-refractivity contribution in [2.75, 3.05) is 7.11 Å². The Morgan fingerprint density at radius 3 is 1.73 bits per heavy atom. The molecule has 5 aromatic heterocycles. The quantitative estimate of drug-likeness (QED) is 0.0657. The fourth-order valence-electron chi connectivity index (χ4n) is 5.05. The van der Waals surface area contributed by atoms with Crippen LogP contribution >= 0.6 is 176 Å². The SMILES string of the molecule is COc1cc2sc(=S)[nH]c2cc1Cl.O=[N+]([O-])c1c(Cl)ccc2sc(=S)[nH]c12.S=c1[nH]c2cc(Cl)ccc2s1.S=c1[nH]c2ccc(Cl)cc2s1.S=c1[nH]c2cccc(Cl)c2s1. The second kappa shape index (κ2) is 21.1. The molecule has 0 aliphatic rings. The summed E-state index contributed by atoms with van der Waals surface area (Å²) in [5.41, 5.74) is 4.35. The van der Waals surface area contributed by atoms with E-state index in [1.807, 2.05) is 66.7 Å². The molecule has 0 aliphatic heterocycles. The Hall–Kier alpha value is -2.70. The molecule has 5 aromatic carbocycles. The van der Waals surface area contributed by atoms with E-state index in [0.29, 0.717) is 20.2 Å². The number of ether oxygens (including phenoxy) is 1. The average molecular weight is 1080 g/mol. The second-order valence-corrected chi connectivity index (χ2v) is 22.1. The van der Waals surface area contributed by atoms with Crippen LogP contribution in [0.15, 0.2) is 78.9 Å². The van der Waals surface area contributed by atoms with E-state index in [-0.39, 0.29) is 10.7 Å². The van der Waals surface area contributed by atoms with Crippen molar-refractivity contribution in [3.8, 4) is 5.75 Å². The van der Waals surface area contributed by atoms with Gasteiger partial charge < -0.3 is 29.7 Å². The van der Waals surface area contributed by atoms with Crippen LogP contribution in [0.2, 0.25) is 25.1 Å². The van der Waals surface area contributed by atoms with Crippen molar-refractivity contribution in [2.45, 2.75) is 0 Å². The maximum atomic E-state index is 10.7. The number of aromatic amines is 5. The summed E-state index contributed by atoms with van der Waals surface area (Å²) in [6, 6.07) is 24.1. The number of aromatic nitrogens is 5. The monoisotopic (exact) mass is 1080 g/mol. The molecule has 10 rings (SSSR count). The van der Waals surface area contributed by atoms with E-state index in [4.69, 9.17) is 124 Å². The van der Waals surface area contributed by atoms with Gasteiger partial charge in [-0.3, -0.25) is 10.1 Å². The number of nitrogens with one attached hydrogen (secondary N) is 5. The number of hydrogen-bond donors (Lipinski definition) is 5. The van der Waals surface area contributed by atoms with Gasteiger partial charge in [0.2, 0.25) is 0 Å². The zero-order chi connectivity index (χ0) is 43.2. The lowest BCUT2D eigenvalue weighted by atomic mass is 10.3. The first-order chi connectivity index (χ1) is 28.6. The van der Waals surface area contributed by atoms with Crippen molar-refractivity contribution in [1.82, 2.24) is 24.9 Å². The number of benzene rings is 5. The van der Waals surface area contributed by atoms with Crippen LogP contribution in [-0.2, 0) is 0 Å². The van der Waals surface area contributed by atoms with Gasteiger partial charge >= 0.3 is 5.69 Å². The van der Waals surface area contributed by atoms with Crippen LogP contribution in [0.3, 0.4) is 0 Å². The van der Waals surface area contributed by atoms with E-state index in [9.17, 15) is 10.1 Å². The molecule has 0 saturated heterocycles. The highest BCUT2D eigenvalue weighted by molar-refractivity contribution is 7.74. The van der Waals surface area contributed by atoms with E-state index in [1.165, 1.54) is 40.1 Å². The van der Waals surface area contributed by atoms with Gasteiger partial charge in [0.15, 0.2) is 19.8 Å².